The second-order valence-corrected chi connectivity index (χ2v) is 6.50. The van der Waals surface area contributed by atoms with Gasteiger partial charge in [0.1, 0.15) is 5.60 Å². The maximum absolute atomic E-state index is 11.5. The summed E-state index contributed by atoms with van der Waals surface area (Å²) in [4.78, 5) is 22.5. The number of nitrogens with one attached hydrogen (secondary N) is 1. The van der Waals surface area contributed by atoms with Gasteiger partial charge in [0.25, 0.3) is 0 Å². The summed E-state index contributed by atoms with van der Waals surface area (Å²) in [5.41, 5.74) is 10.3. The van der Waals surface area contributed by atoms with Crippen LogP contribution < -0.4 is 16.8 Å². The summed E-state index contributed by atoms with van der Waals surface area (Å²) in [6.45, 7) is 5.98. The van der Waals surface area contributed by atoms with Crippen molar-refractivity contribution in [3.05, 3.63) is 0 Å². The number of alkyl carbamates (subject to hydrolysis) is 1. The first-order valence-corrected chi connectivity index (χ1v) is 6.64. The number of hydrogen-bond acceptors (Lipinski definition) is 4. The van der Waals surface area contributed by atoms with E-state index < -0.39 is 17.2 Å². The third-order valence-corrected chi connectivity index (χ3v) is 3.21. The molecule has 1 rings (SSSR count). The molecule has 0 aliphatic heterocycles. The molecule has 0 aromatic heterocycles. The molecule has 0 spiro atoms. The van der Waals surface area contributed by atoms with Crippen molar-refractivity contribution in [2.45, 2.75) is 57.6 Å². The lowest BCUT2D eigenvalue weighted by Crippen LogP contribution is -2.42. The van der Waals surface area contributed by atoms with Crippen molar-refractivity contribution in [3.63, 3.8) is 0 Å². The first-order chi connectivity index (χ1) is 8.60. The fraction of sp³-hybridized carbons (Fsp3) is 0.846. The molecule has 0 aromatic carbocycles. The summed E-state index contributed by atoms with van der Waals surface area (Å²) in [5.74, 6) is -0.0971. The molecule has 5 N–H and O–H groups in total. The topological polar surface area (TPSA) is 107 Å². The Balaban J connectivity index is 2.33. The minimum absolute atomic E-state index is 0.204. The molecule has 110 valence electrons. The number of carbonyl (C=O) groups is 2. The Morgan fingerprint density at radius 3 is 2.58 bits per heavy atom. The summed E-state index contributed by atoms with van der Waals surface area (Å²) in [6, 6.07) is 0. The average molecular weight is 271 g/mol. The van der Waals surface area contributed by atoms with Crippen molar-refractivity contribution in [1.82, 2.24) is 5.32 Å². The van der Waals surface area contributed by atoms with Gasteiger partial charge in [-0.2, -0.15) is 0 Å². The molecule has 19 heavy (non-hydrogen) atoms. The molecule has 0 bridgehead atoms. The Labute approximate surface area is 114 Å². The second kappa shape index (κ2) is 5.77. The second-order valence-electron chi connectivity index (χ2n) is 6.50. The Morgan fingerprint density at radius 2 is 2.05 bits per heavy atom. The largest absolute Gasteiger partial charge is 0.444 e. The molecule has 2 amide bonds. The number of carbonyl (C=O) groups excluding carboxylic acids is 2. The Hall–Kier alpha value is -1.30. The van der Waals surface area contributed by atoms with Gasteiger partial charge in [-0.3, -0.25) is 4.79 Å². The maximum Gasteiger partial charge on any atom is 0.407 e. The molecule has 1 fully saturated rings. The standard InChI is InChI=1S/C13H25N3O3/c1-12(2,3)19-11(18)16-8-9-4-5-13(15,6-9)7-10(14)17/h9H,4-8,15H2,1-3H3,(H2,14,17)(H,16,18). The van der Waals surface area contributed by atoms with Crippen LogP contribution in [0, 0.1) is 5.92 Å². The van der Waals surface area contributed by atoms with Gasteiger partial charge < -0.3 is 21.5 Å². The van der Waals surface area contributed by atoms with Gasteiger partial charge in [0.2, 0.25) is 5.91 Å². The SMILES string of the molecule is CC(C)(C)OC(=O)NCC1CCC(N)(CC(N)=O)C1. The molecule has 2 unspecified atom stereocenters. The Kier molecular flexibility index (Phi) is 4.79. The summed E-state index contributed by atoms with van der Waals surface area (Å²) in [7, 11) is 0. The van der Waals surface area contributed by atoms with Gasteiger partial charge in [0, 0.05) is 18.5 Å². The highest BCUT2D eigenvalue weighted by molar-refractivity contribution is 5.75. The molecule has 1 aliphatic rings. The van der Waals surface area contributed by atoms with Gasteiger partial charge in [0.05, 0.1) is 0 Å². The molecule has 0 aromatic rings. The number of primary amides is 1. The lowest BCUT2D eigenvalue weighted by atomic mass is 9.93. The van der Waals surface area contributed by atoms with E-state index in [1.165, 1.54) is 0 Å². The minimum Gasteiger partial charge on any atom is -0.444 e. The number of nitrogens with two attached hydrogens (primary N) is 2. The Bertz CT molecular complexity index is 352. The lowest BCUT2D eigenvalue weighted by Gasteiger charge is -2.23. The zero-order valence-corrected chi connectivity index (χ0v) is 12.0. The first-order valence-electron chi connectivity index (χ1n) is 6.64. The van der Waals surface area contributed by atoms with Crippen LogP contribution in [0.25, 0.3) is 0 Å². The predicted octanol–water partition coefficient (Wildman–Crippen LogP) is 0.884. The average Bonchev–Trinajstić information content (AvgIpc) is 2.53. The normalized spacial score (nSPS) is 27.1. The van der Waals surface area contributed by atoms with E-state index in [4.69, 9.17) is 16.2 Å². The first kappa shape index (κ1) is 15.8. The van der Waals surface area contributed by atoms with Crippen LogP contribution in [0.3, 0.4) is 0 Å². The molecule has 0 saturated heterocycles. The van der Waals surface area contributed by atoms with Crippen molar-refractivity contribution in [2.75, 3.05) is 6.54 Å². The van der Waals surface area contributed by atoms with E-state index in [1.54, 1.807) is 0 Å². The fourth-order valence-electron chi connectivity index (χ4n) is 2.49. The van der Waals surface area contributed by atoms with Crippen LogP contribution in [0.5, 0.6) is 0 Å². The maximum atomic E-state index is 11.5. The van der Waals surface area contributed by atoms with E-state index in [-0.39, 0.29) is 18.2 Å². The van der Waals surface area contributed by atoms with Crippen LogP contribution in [-0.4, -0.2) is 29.7 Å². The molecule has 0 heterocycles. The summed E-state index contributed by atoms with van der Waals surface area (Å²) >= 11 is 0. The van der Waals surface area contributed by atoms with E-state index in [2.05, 4.69) is 5.32 Å². The number of amides is 2. The van der Waals surface area contributed by atoms with Crippen molar-refractivity contribution in [1.29, 1.82) is 0 Å². The highest BCUT2D eigenvalue weighted by Gasteiger charge is 2.37. The van der Waals surface area contributed by atoms with Gasteiger partial charge in [0.15, 0.2) is 0 Å². The molecular weight excluding hydrogens is 246 g/mol. The number of rotatable bonds is 4. The van der Waals surface area contributed by atoms with E-state index in [0.717, 1.165) is 12.8 Å². The molecule has 6 nitrogen and oxygen atoms in total. The monoisotopic (exact) mass is 271 g/mol. The quantitative estimate of drug-likeness (QED) is 0.705. The van der Waals surface area contributed by atoms with Crippen LogP contribution in [-0.2, 0) is 9.53 Å². The van der Waals surface area contributed by atoms with Gasteiger partial charge in [-0.25, -0.2) is 4.79 Å². The molecular formula is C13H25N3O3. The van der Waals surface area contributed by atoms with Crippen molar-refractivity contribution in [2.24, 2.45) is 17.4 Å². The molecule has 2 atom stereocenters. The smallest absolute Gasteiger partial charge is 0.407 e. The van der Waals surface area contributed by atoms with E-state index in [9.17, 15) is 9.59 Å². The Morgan fingerprint density at radius 1 is 1.42 bits per heavy atom. The van der Waals surface area contributed by atoms with Crippen LogP contribution >= 0.6 is 0 Å². The van der Waals surface area contributed by atoms with Crippen molar-refractivity contribution in [3.8, 4) is 0 Å². The van der Waals surface area contributed by atoms with Crippen LogP contribution in [0.1, 0.15) is 46.5 Å². The van der Waals surface area contributed by atoms with E-state index in [1.807, 2.05) is 20.8 Å². The van der Waals surface area contributed by atoms with Crippen molar-refractivity contribution < 1.29 is 14.3 Å². The third-order valence-electron chi connectivity index (χ3n) is 3.21. The van der Waals surface area contributed by atoms with Crippen LogP contribution in [0.2, 0.25) is 0 Å². The zero-order valence-electron chi connectivity index (χ0n) is 12.0. The van der Waals surface area contributed by atoms with Gasteiger partial charge in [-0.05, 0) is 46.0 Å². The molecule has 0 radical (unpaired) electrons. The van der Waals surface area contributed by atoms with E-state index in [0.29, 0.717) is 13.0 Å². The van der Waals surface area contributed by atoms with Crippen molar-refractivity contribution >= 4 is 12.0 Å². The van der Waals surface area contributed by atoms with Gasteiger partial charge in [-0.15, -0.1) is 0 Å². The van der Waals surface area contributed by atoms with Crippen LogP contribution in [0.4, 0.5) is 4.79 Å². The highest BCUT2D eigenvalue weighted by Crippen LogP contribution is 2.34. The lowest BCUT2D eigenvalue weighted by molar-refractivity contribution is -0.119. The summed E-state index contributed by atoms with van der Waals surface area (Å²) in [6.07, 6.45) is 2.13. The number of ether oxygens (including phenoxy) is 1. The fourth-order valence-corrected chi connectivity index (χ4v) is 2.49. The third kappa shape index (κ3) is 5.92. The molecule has 1 aliphatic carbocycles. The molecule has 1 saturated carbocycles. The summed E-state index contributed by atoms with van der Waals surface area (Å²) in [5, 5.41) is 2.74. The van der Waals surface area contributed by atoms with Gasteiger partial charge >= 0.3 is 6.09 Å². The van der Waals surface area contributed by atoms with Gasteiger partial charge in [-0.1, -0.05) is 0 Å². The van der Waals surface area contributed by atoms with E-state index >= 15 is 0 Å². The number of hydrogen-bond donors (Lipinski definition) is 3. The highest BCUT2D eigenvalue weighted by atomic mass is 16.6. The molecule has 6 heteroatoms. The summed E-state index contributed by atoms with van der Waals surface area (Å²) < 4.78 is 5.16. The van der Waals surface area contributed by atoms with Crippen LogP contribution in [0.15, 0.2) is 0 Å². The predicted molar refractivity (Wildman–Crippen MR) is 72.3 cm³/mol. The minimum atomic E-state index is -0.508. The zero-order chi connectivity index (χ0) is 14.7.